The van der Waals surface area contributed by atoms with Gasteiger partial charge < -0.3 is 10.1 Å². The minimum absolute atomic E-state index is 0.0889. The van der Waals surface area contributed by atoms with Gasteiger partial charge in [0.1, 0.15) is 5.82 Å². The van der Waals surface area contributed by atoms with E-state index in [4.69, 9.17) is 4.74 Å². The average molecular weight is 321 g/mol. The normalized spacial score (nSPS) is 16.4. The molecular formula is C15H16FN3O2S. The van der Waals surface area contributed by atoms with Crippen LogP contribution in [0.1, 0.15) is 29.3 Å². The molecule has 0 bridgehead atoms. The number of halogens is 1. The quantitative estimate of drug-likeness (QED) is 0.909. The van der Waals surface area contributed by atoms with Gasteiger partial charge in [0.15, 0.2) is 5.13 Å². The van der Waals surface area contributed by atoms with E-state index in [0.717, 1.165) is 29.7 Å². The molecule has 0 aliphatic heterocycles. The molecule has 1 aliphatic rings. The van der Waals surface area contributed by atoms with Crippen LogP contribution in [-0.2, 0) is 17.8 Å². The van der Waals surface area contributed by atoms with Crippen LogP contribution >= 0.6 is 11.3 Å². The van der Waals surface area contributed by atoms with E-state index in [1.165, 1.54) is 23.5 Å². The predicted molar refractivity (Wildman–Crippen MR) is 82.4 cm³/mol. The number of aryl methyl sites for hydroxylation is 1. The zero-order valence-electron chi connectivity index (χ0n) is 12.1. The lowest BCUT2D eigenvalue weighted by atomic mass is 10.1. The second kappa shape index (κ2) is 6.41. The molecule has 0 saturated carbocycles. The number of urea groups is 1. The molecule has 0 spiro atoms. The van der Waals surface area contributed by atoms with E-state index in [0.29, 0.717) is 11.7 Å². The third kappa shape index (κ3) is 3.26. The van der Waals surface area contributed by atoms with Crippen molar-refractivity contribution in [3.8, 4) is 0 Å². The van der Waals surface area contributed by atoms with E-state index >= 15 is 0 Å². The molecular weight excluding hydrogens is 305 g/mol. The summed E-state index contributed by atoms with van der Waals surface area (Å²) >= 11 is 1.35. The van der Waals surface area contributed by atoms with Crippen LogP contribution in [0.5, 0.6) is 0 Å². The number of ether oxygens (including phenoxy) is 1. The molecule has 1 unspecified atom stereocenters. The number of benzene rings is 1. The van der Waals surface area contributed by atoms with Gasteiger partial charge in [-0.3, -0.25) is 5.32 Å². The Bertz CT molecular complexity index is 689. The molecule has 0 radical (unpaired) electrons. The van der Waals surface area contributed by atoms with Crippen LogP contribution in [0.15, 0.2) is 23.6 Å². The van der Waals surface area contributed by atoms with Crippen molar-refractivity contribution in [1.82, 2.24) is 10.3 Å². The number of hydrogen-bond donors (Lipinski definition) is 2. The summed E-state index contributed by atoms with van der Waals surface area (Å²) in [6.07, 6.45) is 1.55. The summed E-state index contributed by atoms with van der Waals surface area (Å²) in [4.78, 5) is 16.3. The highest BCUT2D eigenvalue weighted by molar-refractivity contribution is 7.13. The Balaban J connectivity index is 1.61. The maximum Gasteiger partial charge on any atom is 0.321 e. The van der Waals surface area contributed by atoms with Gasteiger partial charge in [-0.1, -0.05) is 6.07 Å². The Hall–Kier alpha value is -1.99. The number of thiazole rings is 1. The summed E-state index contributed by atoms with van der Waals surface area (Å²) in [6.45, 7) is 0.418. The summed E-state index contributed by atoms with van der Waals surface area (Å²) in [6, 6.07) is 4.30. The minimum atomic E-state index is -0.305. The van der Waals surface area contributed by atoms with Gasteiger partial charge in [0.25, 0.3) is 0 Å². The lowest BCUT2D eigenvalue weighted by molar-refractivity contribution is 0.182. The van der Waals surface area contributed by atoms with Gasteiger partial charge in [-0.05, 0) is 36.1 Å². The third-order valence-corrected chi connectivity index (χ3v) is 4.36. The number of fused-ring (bicyclic) bond motifs is 1. The topological polar surface area (TPSA) is 63.2 Å². The van der Waals surface area contributed by atoms with E-state index in [9.17, 15) is 9.18 Å². The number of nitrogens with one attached hydrogen (secondary N) is 2. The largest absolute Gasteiger partial charge is 0.378 e. The first-order chi connectivity index (χ1) is 10.7. The average Bonchev–Trinajstić information content (AvgIpc) is 3.07. The molecule has 3 rings (SSSR count). The molecule has 1 aromatic carbocycles. The fourth-order valence-electron chi connectivity index (χ4n) is 2.61. The molecule has 1 heterocycles. The van der Waals surface area contributed by atoms with E-state index in [-0.39, 0.29) is 17.9 Å². The molecule has 1 aromatic heterocycles. The molecule has 2 N–H and O–H groups in total. The van der Waals surface area contributed by atoms with Crippen LogP contribution in [-0.4, -0.2) is 18.1 Å². The SMILES string of the molecule is COCc1csc(NC(=O)NC2CCc3cc(F)ccc32)n1. The fraction of sp³-hybridized carbons (Fsp3) is 0.333. The van der Waals surface area contributed by atoms with Gasteiger partial charge in [-0.15, -0.1) is 11.3 Å². The van der Waals surface area contributed by atoms with Gasteiger partial charge in [0.05, 0.1) is 18.3 Å². The van der Waals surface area contributed by atoms with Crippen LogP contribution in [0.2, 0.25) is 0 Å². The Morgan fingerprint density at radius 3 is 3.23 bits per heavy atom. The van der Waals surface area contributed by atoms with Crippen LogP contribution in [0.3, 0.4) is 0 Å². The Morgan fingerprint density at radius 1 is 1.55 bits per heavy atom. The molecule has 1 atom stereocenters. The van der Waals surface area contributed by atoms with Crippen LogP contribution < -0.4 is 10.6 Å². The van der Waals surface area contributed by atoms with Crippen molar-refractivity contribution in [3.05, 3.63) is 46.2 Å². The van der Waals surface area contributed by atoms with Crippen molar-refractivity contribution in [2.75, 3.05) is 12.4 Å². The number of carbonyl (C=O) groups is 1. The fourth-order valence-corrected chi connectivity index (χ4v) is 3.30. The number of hydrogen-bond acceptors (Lipinski definition) is 4. The molecule has 0 saturated heterocycles. The van der Waals surface area contributed by atoms with Crippen molar-refractivity contribution in [3.63, 3.8) is 0 Å². The number of carbonyl (C=O) groups excluding carboxylic acids is 1. The van der Waals surface area contributed by atoms with Crippen molar-refractivity contribution < 1.29 is 13.9 Å². The summed E-state index contributed by atoms with van der Waals surface area (Å²) in [7, 11) is 1.60. The summed E-state index contributed by atoms with van der Waals surface area (Å²) in [5.41, 5.74) is 2.72. The number of amides is 2. The van der Waals surface area contributed by atoms with Gasteiger partial charge in [0, 0.05) is 12.5 Å². The van der Waals surface area contributed by atoms with Crippen LogP contribution in [0.4, 0.5) is 14.3 Å². The molecule has 7 heteroatoms. The van der Waals surface area contributed by atoms with Crippen molar-refractivity contribution in [2.45, 2.75) is 25.5 Å². The molecule has 2 amide bonds. The number of nitrogens with zero attached hydrogens (tertiary/aromatic N) is 1. The number of aromatic nitrogens is 1. The zero-order valence-corrected chi connectivity index (χ0v) is 12.9. The highest BCUT2D eigenvalue weighted by atomic mass is 32.1. The number of anilines is 1. The predicted octanol–water partition coefficient (Wildman–Crippen LogP) is 3.24. The molecule has 0 fully saturated rings. The highest BCUT2D eigenvalue weighted by Gasteiger charge is 2.24. The Morgan fingerprint density at radius 2 is 2.41 bits per heavy atom. The van der Waals surface area contributed by atoms with Gasteiger partial charge in [0.2, 0.25) is 0 Å². The maximum absolute atomic E-state index is 13.2. The molecule has 5 nitrogen and oxygen atoms in total. The lowest BCUT2D eigenvalue weighted by Gasteiger charge is -2.14. The number of methoxy groups -OCH3 is 1. The van der Waals surface area contributed by atoms with Crippen molar-refractivity contribution in [1.29, 1.82) is 0 Å². The first-order valence-corrected chi connectivity index (χ1v) is 7.83. The van der Waals surface area contributed by atoms with Gasteiger partial charge in [-0.25, -0.2) is 14.2 Å². The highest BCUT2D eigenvalue weighted by Crippen LogP contribution is 2.31. The molecule has 2 aromatic rings. The van der Waals surface area contributed by atoms with Crippen molar-refractivity contribution in [2.24, 2.45) is 0 Å². The van der Waals surface area contributed by atoms with Crippen LogP contribution in [0.25, 0.3) is 0 Å². The molecule has 116 valence electrons. The van der Waals surface area contributed by atoms with E-state index < -0.39 is 0 Å². The minimum Gasteiger partial charge on any atom is -0.378 e. The Labute approximate surface area is 131 Å². The van der Waals surface area contributed by atoms with E-state index in [2.05, 4.69) is 15.6 Å². The summed E-state index contributed by atoms with van der Waals surface area (Å²) < 4.78 is 18.2. The molecule has 1 aliphatic carbocycles. The maximum atomic E-state index is 13.2. The lowest BCUT2D eigenvalue weighted by Crippen LogP contribution is -2.31. The summed E-state index contributed by atoms with van der Waals surface area (Å²) in [5, 5.41) is 7.99. The second-order valence-electron chi connectivity index (χ2n) is 5.11. The first-order valence-electron chi connectivity index (χ1n) is 6.95. The first kappa shape index (κ1) is 14.9. The van der Waals surface area contributed by atoms with Crippen molar-refractivity contribution >= 4 is 22.5 Å². The monoisotopic (exact) mass is 321 g/mol. The van der Waals surface area contributed by atoms with E-state index in [1.54, 1.807) is 13.2 Å². The van der Waals surface area contributed by atoms with Crippen LogP contribution in [0, 0.1) is 5.82 Å². The standard InChI is InChI=1S/C15H16FN3O2S/c1-21-7-11-8-22-15(17-11)19-14(20)18-13-5-2-9-6-10(16)3-4-12(9)13/h3-4,6,8,13H,2,5,7H2,1H3,(H2,17,18,19,20). The van der Waals surface area contributed by atoms with Gasteiger partial charge in [-0.2, -0.15) is 0 Å². The number of rotatable bonds is 4. The second-order valence-corrected chi connectivity index (χ2v) is 5.97. The smallest absolute Gasteiger partial charge is 0.321 e. The van der Waals surface area contributed by atoms with Gasteiger partial charge >= 0.3 is 6.03 Å². The third-order valence-electron chi connectivity index (χ3n) is 3.55. The summed E-state index contributed by atoms with van der Waals surface area (Å²) in [5.74, 6) is -0.239. The van der Waals surface area contributed by atoms with E-state index in [1.807, 2.05) is 5.38 Å². The molecule has 22 heavy (non-hydrogen) atoms. The zero-order chi connectivity index (χ0) is 15.5. The Kier molecular flexibility index (Phi) is 4.35.